The Morgan fingerprint density at radius 3 is 2.78 bits per heavy atom. The fourth-order valence-electron chi connectivity index (χ4n) is 2.29. The topological polar surface area (TPSA) is 49.8 Å². The molecular weight excluding hydrogens is 230 g/mol. The lowest BCUT2D eigenvalue weighted by atomic mass is 10.1. The van der Waals surface area contributed by atoms with Gasteiger partial charge in [0.15, 0.2) is 0 Å². The summed E-state index contributed by atoms with van der Waals surface area (Å²) >= 11 is 0. The Morgan fingerprint density at radius 2 is 2.17 bits per heavy atom. The van der Waals surface area contributed by atoms with Crippen molar-refractivity contribution in [2.45, 2.75) is 18.9 Å². The molecule has 4 nitrogen and oxygen atoms in total. The van der Waals surface area contributed by atoms with Gasteiger partial charge in [-0.2, -0.15) is 0 Å². The molecule has 0 unspecified atom stereocenters. The van der Waals surface area contributed by atoms with Crippen molar-refractivity contribution >= 4 is 5.97 Å². The molecule has 1 fully saturated rings. The molecule has 2 rings (SSSR count). The van der Waals surface area contributed by atoms with E-state index in [1.807, 2.05) is 23.1 Å². The van der Waals surface area contributed by atoms with Crippen molar-refractivity contribution in [2.75, 3.05) is 26.3 Å². The lowest BCUT2D eigenvalue weighted by molar-refractivity contribution is -0.138. The Hall–Kier alpha value is -1.39. The van der Waals surface area contributed by atoms with E-state index < -0.39 is 5.97 Å². The molecule has 0 aliphatic carbocycles. The zero-order valence-electron chi connectivity index (χ0n) is 10.4. The van der Waals surface area contributed by atoms with Crippen molar-refractivity contribution in [3.05, 3.63) is 35.9 Å². The lowest BCUT2D eigenvalue weighted by Crippen LogP contribution is -2.40. The lowest BCUT2D eigenvalue weighted by Gasteiger charge is -2.25. The molecule has 98 valence electrons. The minimum atomic E-state index is -0.769. The summed E-state index contributed by atoms with van der Waals surface area (Å²) in [5.74, 6) is -0.769. The summed E-state index contributed by atoms with van der Waals surface area (Å²) in [5.41, 5.74) is 1.24. The summed E-state index contributed by atoms with van der Waals surface area (Å²) < 4.78 is 5.34. The summed E-state index contributed by atoms with van der Waals surface area (Å²) in [6, 6.07) is 10.4. The molecule has 0 saturated carbocycles. The first-order chi connectivity index (χ1) is 8.75. The Bertz CT molecular complexity index is 374. The zero-order chi connectivity index (χ0) is 12.8. The van der Waals surface area contributed by atoms with Crippen molar-refractivity contribution < 1.29 is 14.6 Å². The Balaban J connectivity index is 1.90. The second-order valence-electron chi connectivity index (χ2n) is 4.62. The van der Waals surface area contributed by atoms with Gasteiger partial charge < -0.3 is 9.84 Å². The molecule has 0 spiro atoms. The molecule has 1 N–H and O–H groups in total. The molecule has 0 amide bonds. The molecule has 0 radical (unpaired) electrons. The summed E-state index contributed by atoms with van der Waals surface area (Å²) in [7, 11) is 0. The SMILES string of the molecule is O=C(O)CN(CCc1ccccc1)[C@@H]1CCOC1. The number of carboxylic acids is 1. The quantitative estimate of drug-likeness (QED) is 0.828. The van der Waals surface area contributed by atoms with E-state index in [0.29, 0.717) is 6.61 Å². The summed E-state index contributed by atoms with van der Waals surface area (Å²) in [5, 5.41) is 8.96. The molecule has 1 saturated heterocycles. The van der Waals surface area contributed by atoms with E-state index >= 15 is 0 Å². The van der Waals surface area contributed by atoms with E-state index in [4.69, 9.17) is 9.84 Å². The molecule has 1 aromatic rings. The largest absolute Gasteiger partial charge is 0.480 e. The maximum Gasteiger partial charge on any atom is 0.317 e. The Morgan fingerprint density at radius 1 is 1.39 bits per heavy atom. The highest BCUT2D eigenvalue weighted by Gasteiger charge is 2.24. The van der Waals surface area contributed by atoms with Crippen LogP contribution in [0, 0.1) is 0 Å². The molecule has 0 bridgehead atoms. The predicted octanol–water partition coefficient (Wildman–Crippen LogP) is 1.40. The number of hydrogen-bond acceptors (Lipinski definition) is 3. The van der Waals surface area contributed by atoms with Crippen LogP contribution in [0.25, 0.3) is 0 Å². The average Bonchev–Trinajstić information content (AvgIpc) is 2.89. The van der Waals surface area contributed by atoms with E-state index in [2.05, 4.69) is 12.1 Å². The Kier molecular flexibility index (Phi) is 4.73. The second-order valence-corrected chi connectivity index (χ2v) is 4.62. The second kappa shape index (κ2) is 6.52. The third-order valence-electron chi connectivity index (χ3n) is 3.29. The minimum absolute atomic E-state index is 0.0981. The van der Waals surface area contributed by atoms with Gasteiger partial charge in [-0.15, -0.1) is 0 Å². The van der Waals surface area contributed by atoms with Crippen LogP contribution in [0.1, 0.15) is 12.0 Å². The first kappa shape index (κ1) is 13.1. The van der Waals surface area contributed by atoms with Crippen molar-refractivity contribution in [1.82, 2.24) is 4.90 Å². The van der Waals surface area contributed by atoms with E-state index in [-0.39, 0.29) is 12.6 Å². The van der Waals surface area contributed by atoms with Crippen LogP contribution in [0.15, 0.2) is 30.3 Å². The molecule has 1 aliphatic rings. The number of benzene rings is 1. The van der Waals surface area contributed by atoms with E-state index in [0.717, 1.165) is 26.0 Å². The summed E-state index contributed by atoms with van der Waals surface area (Å²) in [6.07, 6.45) is 1.81. The van der Waals surface area contributed by atoms with Gasteiger partial charge in [-0.1, -0.05) is 30.3 Å². The summed E-state index contributed by atoms with van der Waals surface area (Å²) in [6.45, 7) is 2.26. The van der Waals surface area contributed by atoms with Crippen molar-refractivity contribution in [3.8, 4) is 0 Å². The molecule has 1 atom stereocenters. The maximum atomic E-state index is 10.9. The third kappa shape index (κ3) is 3.82. The first-order valence-electron chi connectivity index (χ1n) is 6.33. The maximum absolute atomic E-state index is 10.9. The van der Waals surface area contributed by atoms with Gasteiger partial charge in [0, 0.05) is 19.2 Å². The smallest absolute Gasteiger partial charge is 0.317 e. The van der Waals surface area contributed by atoms with Crippen LogP contribution < -0.4 is 0 Å². The van der Waals surface area contributed by atoms with Crippen LogP contribution in [-0.4, -0.2) is 48.3 Å². The van der Waals surface area contributed by atoms with E-state index in [9.17, 15) is 4.79 Å². The molecule has 1 heterocycles. The number of rotatable bonds is 6. The monoisotopic (exact) mass is 249 g/mol. The number of hydrogen-bond donors (Lipinski definition) is 1. The molecule has 4 heteroatoms. The van der Waals surface area contributed by atoms with Crippen LogP contribution in [0.3, 0.4) is 0 Å². The van der Waals surface area contributed by atoms with Crippen LogP contribution in [0.4, 0.5) is 0 Å². The third-order valence-corrected chi connectivity index (χ3v) is 3.29. The van der Waals surface area contributed by atoms with Gasteiger partial charge in [0.25, 0.3) is 0 Å². The minimum Gasteiger partial charge on any atom is -0.480 e. The van der Waals surface area contributed by atoms with Gasteiger partial charge in [-0.05, 0) is 18.4 Å². The van der Waals surface area contributed by atoms with E-state index in [1.54, 1.807) is 0 Å². The fraction of sp³-hybridized carbons (Fsp3) is 0.500. The standard InChI is InChI=1S/C14H19NO3/c16-14(17)10-15(13-7-9-18-11-13)8-6-12-4-2-1-3-5-12/h1-5,13H,6-11H2,(H,16,17)/t13-/m1/s1. The molecule has 0 aromatic heterocycles. The van der Waals surface area contributed by atoms with Crippen LogP contribution >= 0.6 is 0 Å². The zero-order valence-corrected chi connectivity index (χ0v) is 10.4. The number of nitrogens with zero attached hydrogens (tertiary/aromatic N) is 1. The van der Waals surface area contributed by atoms with Crippen LogP contribution in [0.2, 0.25) is 0 Å². The van der Waals surface area contributed by atoms with E-state index in [1.165, 1.54) is 5.56 Å². The van der Waals surface area contributed by atoms with Crippen molar-refractivity contribution in [2.24, 2.45) is 0 Å². The normalized spacial score (nSPS) is 19.3. The van der Waals surface area contributed by atoms with Crippen molar-refractivity contribution in [3.63, 3.8) is 0 Å². The number of ether oxygens (including phenoxy) is 1. The Labute approximate surface area is 107 Å². The molecule has 1 aromatic carbocycles. The fourth-order valence-corrected chi connectivity index (χ4v) is 2.29. The molecule has 1 aliphatic heterocycles. The van der Waals surface area contributed by atoms with Gasteiger partial charge in [0.1, 0.15) is 0 Å². The highest BCUT2D eigenvalue weighted by molar-refractivity contribution is 5.69. The van der Waals surface area contributed by atoms with Gasteiger partial charge in [0.2, 0.25) is 0 Å². The number of aliphatic carboxylic acids is 1. The van der Waals surface area contributed by atoms with Gasteiger partial charge in [-0.3, -0.25) is 9.69 Å². The number of carboxylic acid groups (broad SMARTS) is 1. The molecule has 18 heavy (non-hydrogen) atoms. The highest BCUT2D eigenvalue weighted by atomic mass is 16.5. The van der Waals surface area contributed by atoms with Gasteiger partial charge in [0.05, 0.1) is 13.2 Å². The average molecular weight is 249 g/mol. The number of carbonyl (C=O) groups is 1. The van der Waals surface area contributed by atoms with Crippen LogP contribution in [-0.2, 0) is 16.0 Å². The van der Waals surface area contributed by atoms with Crippen molar-refractivity contribution in [1.29, 1.82) is 0 Å². The first-order valence-corrected chi connectivity index (χ1v) is 6.33. The van der Waals surface area contributed by atoms with Gasteiger partial charge in [-0.25, -0.2) is 0 Å². The molecular formula is C14H19NO3. The predicted molar refractivity (Wildman–Crippen MR) is 68.6 cm³/mol. The highest BCUT2D eigenvalue weighted by Crippen LogP contribution is 2.13. The van der Waals surface area contributed by atoms with Crippen LogP contribution in [0.5, 0.6) is 0 Å². The summed E-state index contributed by atoms with van der Waals surface area (Å²) in [4.78, 5) is 12.9. The van der Waals surface area contributed by atoms with Gasteiger partial charge >= 0.3 is 5.97 Å².